The second kappa shape index (κ2) is 8.46. The average Bonchev–Trinajstić information content (AvgIpc) is 3.25. The van der Waals surface area contributed by atoms with Gasteiger partial charge in [-0.15, -0.1) is 21.5 Å². The van der Waals surface area contributed by atoms with Gasteiger partial charge in [0.15, 0.2) is 0 Å². The van der Waals surface area contributed by atoms with Crippen molar-refractivity contribution in [3.8, 4) is 28.1 Å². The van der Waals surface area contributed by atoms with Crippen molar-refractivity contribution in [2.24, 2.45) is 0 Å². The molecule has 0 saturated carbocycles. The van der Waals surface area contributed by atoms with E-state index >= 15 is 0 Å². The number of halogens is 2. The van der Waals surface area contributed by atoms with E-state index in [-0.39, 0.29) is 5.02 Å². The number of nitrogens with zero attached hydrogens (tertiary/aromatic N) is 3. The van der Waals surface area contributed by atoms with Gasteiger partial charge in [0.25, 0.3) is 5.56 Å². The van der Waals surface area contributed by atoms with E-state index in [0.29, 0.717) is 36.8 Å². The quantitative estimate of drug-likeness (QED) is 0.298. The van der Waals surface area contributed by atoms with E-state index in [1.54, 1.807) is 12.1 Å². The molecule has 6 aromatic rings. The number of hydrogen-bond donors (Lipinski definition) is 1. The predicted molar refractivity (Wildman–Crippen MR) is 142 cm³/mol. The summed E-state index contributed by atoms with van der Waals surface area (Å²) >= 11 is 13.3. The maximum atomic E-state index is 13.5. The molecule has 0 saturated heterocycles. The molecule has 35 heavy (non-hydrogen) atoms. The Balaban J connectivity index is 1.73. The summed E-state index contributed by atoms with van der Waals surface area (Å²) in [5, 5.41) is 10.2. The third-order valence-electron chi connectivity index (χ3n) is 5.72. The van der Waals surface area contributed by atoms with Gasteiger partial charge in [-0.25, -0.2) is 9.36 Å². The predicted octanol–water partition coefficient (Wildman–Crippen LogP) is 6.32. The largest absolute Gasteiger partial charge is 0.333 e. The molecule has 0 bridgehead atoms. The smallest absolute Gasteiger partial charge is 0.305 e. The molecule has 6 rings (SSSR count). The topological polar surface area (TPSA) is 80.6 Å². The van der Waals surface area contributed by atoms with Crippen LogP contribution in [0.15, 0.2) is 88.5 Å². The van der Waals surface area contributed by atoms with Crippen LogP contribution in [0.5, 0.6) is 0 Å². The van der Waals surface area contributed by atoms with Gasteiger partial charge in [-0.05, 0) is 23.8 Å². The van der Waals surface area contributed by atoms with Gasteiger partial charge >= 0.3 is 5.69 Å². The highest BCUT2D eigenvalue weighted by Crippen LogP contribution is 2.41. The lowest BCUT2D eigenvalue weighted by Crippen LogP contribution is -2.33. The van der Waals surface area contributed by atoms with Crippen LogP contribution in [0.4, 0.5) is 0 Å². The molecule has 9 heteroatoms. The van der Waals surface area contributed by atoms with Gasteiger partial charge in [0.05, 0.1) is 21.2 Å². The number of H-pyrrole nitrogens is 1. The van der Waals surface area contributed by atoms with Gasteiger partial charge in [0, 0.05) is 16.5 Å². The summed E-state index contributed by atoms with van der Waals surface area (Å²) in [6.07, 6.45) is 0. The second-order valence-electron chi connectivity index (χ2n) is 7.81. The Morgan fingerprint density at radius 2 is 1.49 bits per heavy atom. The molecule has 0 amide bonds. The molecular formula is C26H14Cl2N4O2S. The molecule has 0 spiro atoms. The van der Waals surface area contributed by atoms with Crippen LogP contribution in [0.25, 0.3) is 48.5 Å². The number of thiophene rings is 1. The van der Waals surface area contributed by atoms with Crippen molar-refractivity contribution in [1.29, 1.82) is 0 Å². The van der Waals surface area contributed by atoms with E-state index in [4.69, 9.17) is 23.2 Å². The number of nitrogens with one attached hydrogen (secondary N) is 1. The first-order valence-electron chi connectivity index (χ1n) is 10.6. The number of benzene rings is 3. The SMILES string of the molecule is O=c1[nH]c2c(sc3nnc(-c4ccccc4)c(-c4ccccc4)c32)c(=O)n1-c1ccc(Cl)c(Cl)c1. The zero-order valence-electron chi connectivity index (χ0n) is 17.8. The Labute approximate surface area is 212 Å². The summed E-state index contributed by atoms with van der Waals surface area (Å²) in [7, 11) is 0. The number of fused-ring (bicyclic) bond motifs is 3. The molecular weight excluding hydrogens is 503 g/mol. The molecule has 1 N–H and O–H groups in total. The van der Waals surface area contributed by atoms with Gasteiger partial charge in [0.1, 0.15) is 15.2 Å². The van der Waals surface area contributed by atoms with Crippen molar-refractivity contribution < 1.29 is 0 Å². The summed E-state index contributed by atoms with van der Waals surface area (Å²) in [6, 6.07) is 24.1. The van der Waals surface area contributed by atoms with E-state index in [2.05, 4.69) is 15.2 Å². The van der Waals surface area contributed by atoms with Gasteiger partial charge in [-0.3, -0.25) is 4.79 Å². The van der Waals surface area contributed by atoms with Crippen LogP contribution >= 0.6 is 34.5 Å². The zero-order chi connectivity index (χ0) is 24.1. The Morgan fingerprint density at radius 3 is 2.17 bits per heavy atom. The highest BCUT2D eigenvalue weighted by Gasteiger charge is 2.22. The van der Waals surface area contributed by atoms with Crippen LogP contribution < -0.4 is 11.2 Å². The van der Waals surface area contributed by atoms with E-state index in [1.807, 2.05) is 60.7 Å². The third-order valence-corrected chi connectivity index (χ3v) is 7.52. The van der Waals surface area contributed by atoms with E-state index < -0.39 is 11.2 Å². The van der Waals surface area contributed by atoms with Crippen LogP contribution in [0.2, 0.25) is 10.0 Å². The highest BCUT2D eigenvalue weighted by molar-refractivity contribution is 7.25. The molecule has 3 aromatic heterocycles. The molecule has 0 radical (unpaired) electrons. The van der Waals surface area contributed by atoms with Gasteiger partial charge < -0.3 is 4.98 Å². The van der Waals surface area contributed by atoms with Crippen molar-refractivity contribution in [3.05, 3.63) is 110 Å². The first kappa shape index (κ1) is 21.7. The van der Waals surface area contributed by atoms with Crippen LogP contribution in [0.1, 0.15) is 0 Å². The molecule has 0 unspecified atom stereocenters. The fraction of sp³-hybridized carbons (Fsp3) is 0. The summed E-state index contributed by atoms with van der Waals surface area (Å²) in [6.45, 7) is 0. The lowest BCUT2D eigenvalue weighted by atomic mass is 9.97. The molecule has 0 aliphatic carbocycles. The van der Waals surface area contributed by atoms with Crippen LogP contribution in [0, 0.1) is 0 Å². The fourth-order valence-electron chi connectivity index (χ4n) is 4.15. The molecule has 170 valence electrons. The Hall–Kier alpha value is -3.78. The normalized spacial score (nSPS) is 11.4. The average molecular weight is 517 g/mol. The Kier molecular flexibility index (Phi) is 5.25. The van der Waals surface area contributed by atoms with Gasteiger partial charge in [-0.1, -0.05) is 83.9 Å². The first-order chi connectivity index (χ1) is 17.0. The van der Waals surface area contributed by atoms with Gasteiger partial charge in [-0.2, -0.15) is 0 Å². The van der Waals surface area contributed by atoms with E-state index in [0.717, 1.165) is 21.3 Å². The van der Waals surface area contributed by atoms with Crippen LogP contribution in [-0.2, 0) is 0 Å². The van der Waals surface area contributed by atoms with Crippen LogP contribution in [0.3, 0.4) is 0 Å². The molecule has 6 nitrogen and oxygen atoms in total. The standard InChI is InChI=1S/C26H14Cl2N4O2S/c27-17-12-11-16(13-18(17)28)32-25(33)23-22(29-26(32)34)20-19(14-7-3-1-4-8-14)21(30-31-24(20)35-23)15-9-5-2-6-10-15/h1-13H,(H,29,34). The minimum atomic E-state index is -0.585. The van der Waals surface area contributed by atoms with Crippen LogP contribution in [-0.4, -0.2) is 19.7 Å². The maximum Gasteiger partial charge on any atom is 0.333 e. The van der Waals surface area contributed by atoms with E-state index in [9.17, 15) is 9.59 Å². The van der Waals surface area contributed by atoms with Crippen molar-refractivity contribution >= 4 is 55.0 Å². The molecule has 3 aromatic carbocycles. The van der Waals surface area contributed by atoms with Gasteiger partial charge in [0.2, 0.25) is 0 Å². The lowest BCUT2D eigenvalue weighted by molar-refractivity contribution is 0.905. The molecule has 0 aliphatic rings. The fourth-order valence-corrected chi connectivity index (χ4v) is 5.46. The zero-order valence-corrected chi connectivity index (χ0v) is 20.2. The summed E-state index contributed by atoms with van der Waals surface area (Å²) in [4.78, 5) is 30.2. The monoisotopic (exact) mass is 516 g/mol. The number of aromatic nitrogens is 4. The minimum absolute atomic E-state index is 0.247. The minimum Gasteiger partial charge on any atom is -0.305 e. The Morgan fingerprint density at radius 1 is 0.800 bits per heavy atom. The van der Waals surface area contributed by atoms with E-state index in [1.165, 1.54) is 17.4 Å². The highest BCUT2D eigenvalue weighted by atomic mass is 35.5. The molecule has 0 fully saturated rings. The van der Waals surface area contributed by atoms with Crippen molar-refractivity contribution in [2.45, 2.75) is 0 Å². The molecule has 3 heterocycles. The first-order valence-corrected chi connectivity index (χ1v) is 12.1. The second-order valence-corrected chi connectivity index (χ2v) is 9.62. The van der Waals surface area contributed by atoms with Crippen molar-refractivity contribution in [3.63, 3.8) is 0 Å². The molecule has 0 atom stereocenters. The number of aromatic amines is 1. The third kappa shape index (κ3) is 3.56. The number of rotatable bonds is 3. The van der Waals surface area contributed by atoms with Crippen molar-refractivity contribution in [2.75, 3.05) is 0 Å². The Bertz CT molecular complexity index is 1860. The lowest BCUT2D eigenvalue weighted by Gasteiger charge is -2.11. The summed E-state index contributed by atoms with van der Waals surface area (Å²) in [5.74, 6) is 0. The summed E-state index contributed by atoms with van der Waals surface area (Å²) in [5.41, 5.74) is 2.95. The maximum absolute atomic E-state index is 13.5. The van der Waals surface area contributed by atoms with Crippen molar-refractivity contribution in [1.82, 2.24) is 19.7 Å². The summed E-state index contributed by atoms with van der Waals surface area (Å²) < 4.78 is 1.41. The molecule has 0 aliphatic heterocycles. The number of hydrogen-bond acceptors (Lipinski definition) is 5.